The summed E-state index contributed by atoms with van der Waals surface area (Å²) in [6.07, 6.45) is 2.10. The summed E-state index contributed by atoms with van der Waals surface area (Å²) in [6.45, 7) is 3.85. The highest BCUT2D eigenvalue weighted by Gasteiger charge is 2.35. The minimum atomic E-state index is -0.195. The van der Waals surface area contributed by atoms with E-state index in [0.29, 0.717) is 12.8 Å². The largest absolute Gasteiger partial charge is 0.503 e. The summed E-state index contributed by atoms with van der Waals surface area (Å²) < 4.78 is 4.69. The van der Waals surface area contributed by atoms with Gasteiger partial charge in [-0.1, -0.05) is 13.8 Å². The smallest absolute Gasteiger partial charge is 0.170 e. The number of carbonyl (C=O) groups excluding carboxylic acids is 2. The lowest BCUT2D eigenvalue weighted by molar-refractivity contribution is -0.127. The normalized spacial score (nSPS) is 21.6. The van der Waals surface area contributed by atoms with Crippen LogP contribution in [0.3, 0.4) is 0 Å². The number of hydrogen-bond acceptors (Lipinski definition) is 3. The van der Waals surface area contributed by atoms with Crippen LogP contribution in [-0.2, 0) is 14.3 Å². The van der Waals surface area contributed by atoms with Gasteiger partial charge in [0.25, 0.3) is 0 Å². The second kappa shape index (κ2) is 3.32. The van der Waals surface area contributed by atoms with Gasteiger partial charge in [-0.15, -0.1) is 0 Å². The van der Waals surface area contributed by atoms with Crippen molar-refractivity contribution in [2.45, 2.75) is 26.7 Å². The molecule has 0 heterocycles. The molecule has 1 aliphatic carbocycles. The van der Waals surface area contributed by atoms with E-state index in [1.165, 1.54) is 13.4 Å². The Morgan fingerprint density at radius 2 is 1.69 bits per heavy atom. The monoisotopic (exact) mass is 182 g/mol. The van der Waals surface area contributed by atoms with Crippen LogP contribution in [0, 0.1) is 5.41 Å². The molecule has 0 atom stereocenters. The van der Waals surface area contributed by atoms with Crippen molar-refractivity contribution in [3.63, 3.8) is 0 Å². The van der Waals surface area contributed by atoms with E-state index in [2.05, 4.69) is 4.74 Å². The zero-order valence-corrected chi connectivity index (χ0v) is 8.22. The second-order valence-electron chi connectivity index (χ2n) is 4.13. The quantitative estimate of drug-likeness (QED) is 0.350. The average Bonchev–Trinajstić information content (AvgIpc) is 1.94. The fraction of sp³-hybridized carbons (Fsp3) is 0.600. The molecule has 3 nitrogen and oxygen atoms in total. The van der Waals surface area contributed by atoms with Gasteiger partial charge in [-0.05, 0) is 5.41 Å². The molecule has 1 saturated carbocycles. The second-order valence-corrected chi connectivity index (χ2v) is 4.13. The Kier molecular flexibility index (Phi) is 2.55. The maximum absolute atomic E-state index is 11.4. The van der Waals surface area contributed by atoms with Gasteiger partial charge in [-0.2, -0.15) is 0 Å². The lowest BCUT2D eigenvalue weighted by atomic mass is 9.74. The molecule has 0 aliphatic heterocycles. The Morgan fingerprint density at radius 3 is 2.08 bits per heavy atom. The van der Waals surface area contributed by atoms with Crippen molar-refractivity contribution in [3.8, 4) is 0 Å². The van der Waals surface area contributed by atoms with Crippen molar-refractivity contribution in [1.82, 2.24) is 0 Å². The van der Waals surface area contributed by atoms with Crippen LogP contribution in [0.2, 0.25) is 0 Å². The van der Waals surface area contributed by atoms with Crippen LogP contribution in [0.1, 0.15) is 26.7 Å². The maximum atomic E-state index is 11.4. The molecule has 72 valence electrons. The third-order valence-electron chi connectivity index (χ3n) is 2.11. The molecule has 0 bridgehead atoms. The summed E-state index contributed by atoms with van der Waals surface area (Å²) in [7, 11) is 1.44. The molecule has 13 heavy (non-hydrogen) atoms. The van der Waals surface area contributed by atoms with E-state index < -0.39 is 0 Å². The lowest BCUT2D eigenvalue weighted by Crippen LogP contribution is -2.31. The number of ketones is 2. The van der Waals surface area contributed by atoms with E-state index in [9.17, 15) is 9.59 Å². The predicted molar refractivity (Wildman–Crippen MR) is 48.1 cm³/mol. The van der Waals surface area contributed by atoms with Gasteiger partial charge in [0.2, 0.25) is 0 Å². The van der Waals surface area contributed by atoms with Crippen molar-refractivity contribution >= 4 is 11.6 Å². The standard InChI is InChI=1S/C10H14O3/c1-10(2)4-8(11)7(6-13-3)9(12)5-10/h6H,4-5H2,1-3H3. The number of ether oxygens (including phenoxy) is 1. The van der Waals surface area contributed by atoms with E-state index in [1.54, 1.807) is 0 Å². The van der Waals surface area contributed by atoms with Gasteiger partial charge in [0.15, 0.2) is 11.6 Å². The Bertz CT molecular complexity index is 252. The molecule has 0 spiro atoms. The first kappa shape index (κ1) is 9.96. The van der Waals surface area contributed by atoms with E-state index in [1.807, 2.05) is 13.8 Å². The minimum Gasteiger partial charge on any atom is -0.503 e. The van der Waals surface area contributed by atoms with Crippen LogP contribution in [0.25, 0.3) is 0 Å². The number of Topliss-reactive ketones (excluding diaryl/α,β-unsaturated/α-hetero) is 2. The molecule has 0 saturated heterocycles. The number of methoxy groups -OCH3 is 1. The SMILES string of the molecule is COC=C1C(=O)CC(C)(C)CC1=O. The van der Waals surface area contributed by atoms with Crippen molar-refractivity contribution in [2.75, 3.05) is 7.11 Å². The molecule has 0 aromatic heterocycles. The summed E-state index contributed by atoms with van der Waals surface area (Å²) in [4.78, 5) is 22.9. The zero-order chi connectivity index (χ0) is 10.1. The molecule has 0 radical (unpaired) electrons. The Balaban J connectivity index is 2.89. The molecule has 0 aromatic carbocycles. The van der Waals surface area contributed by atoms with E-state index in [0.717, 1.165) is 0 Å². The minimum absolute atomic E-state index is 0.108. The van der Waals surface area contributed by atoms with Crippen LogP contribution in [0.15, 0.2) is 11.8 Å². The summed E-state index contributed by atoms with van der Waals surface area (Å²) in [6, 6.07) is 0. The van der Waals surface area contributed by atoms with Gasteiger partial charge in [-0.3, -0.25) is 9.59 Å². The molecule has 0 unspecified atom stereocenters. The number of rotatable bonds is 1. The number of hydrogen-bond donors (Lipinski definition) is 0. The molecular formula is C10H14O3. The van der Waals surface area contributed by atoms with Gasteiger partial charge in [-0.25, -0.2) is 0 Å². The third kappa shape index (κ3) is 2.17. The van der Waals surface area contributed by atoms with Crippen molar-refractivity contribution < 1.29 is 14.3 Å². The van der Waals surface area contributed by atoms with Crippen LogP contribution < -0.4 is 0 Å². The first-order valence-corrected chi connectivity index (χ1v) is 4.26. The van der Waals surface area contributed by atoms with Crippen LogP contribution in [-0.4, -0.2) is 18.7 Å². The van der Waals surface area contributed by atoms with Gasteiger partial charge in [0.05, 0.1) is 18.9 Å². The molecule has 1 fully saturated rings. The van der Waals surface area contributed by atoms with Crippen LogP contribution in [0.5, 0.6) is 0 Å². The zero-order valence-electron chi connectivity index (χ0n) is 8.22. The van der Waals surface area contributed by atoms with E-state index >= 15 is 0 Å². The van der Waals surface area contributed by atoms with Gasteiger partial charge < -0.3 is 4.74 Å². The molecule has 1 rings (SSSR count). The fourth-order valence-corrected chi connectivity index (χ4v) is 1.53. The lowest BCUT2D eigenvalue weighted by Gasteiger charge is -2.27. The average molecular weight is 182 g/mol. The summed E-state index contributed by atoms with van der Waals surface area (Å²) in [5, 5.41) is 0. The first-order chi connectivity index (χ1) is 5.96. The van der Waals surface area contributed by atoms with E-state index in [4.69, 9.17) is 0 Å². The van der Waals surface area contributed by atoms with Crippen molar-refractivity contribution in [2.24, 2.45) is 5.41 Å². The van der Waals surface area contributed by atoms with Crippen LogP contribution in [0.4, 0.5) is 0 Å². The number of allylic oxidation sites excluding steroid dienone is 1. The highest BCUT2D eigenvalue weighted by atomic mass is 16.5. The Labute approximate surface area is 77.8 Å². The van der Waals surface area contributed by atoms with Crippen LogP contribution >= 0.6 is 0 Å². The molecule has 0 N–H and O–H groups in total. The molecule has 0 aromatic rings. The Hall–Kier alpha value is -1.12. The van der Waals surface area contributed by atoms with Gasteiger partial charge >= 0.3 is 0 Å². The van der Waals surface area contributed by atoms with Crippen molar-refractivity contribution in [3.05, 3.63) is 11.8 Å². The fourth-order valence-electron chi connectivity index (χ4n) is 1.53. The number of carbonyl (C=O) groups is 2. The molecule has 0 amide bonds. The predicted octanol–water partition coefficient (Wildman–Crippen LogP) is 1.47. The summed E-state index contributed by atoms with van der Waals surface area (Å²) in [5.41, 5.74) is 0.0148. The molecule has 1 aliphatic rings. The maximum Gasteiger partial charge on any atom is 0.170 e. The van der Waals surface area contributed by atoms with Gasteiger partial charge in [0, 0.05) is 12.8 Å². The molecular weight excluding hydrogens is 168 g/mol. The summed E-state index contributed by atoms with van der Waals surface area (Å²) >= 11 is 0. The highest BCUT2D eigenvalue weighted by Crippen LogP contribution is 2.33. The first-order valence-electron chi connectivity index (χ1n) is 4.26. The van der Waals surface area contributed by atoms with E-state index in [-0.39, 0.29) is 22.6 Å². The third-order valence-corrected chi connectivity index (χ3v) is 2.11. The van der Waals surface area contributed by atoms with Crippen molar-refractivity contribution in [1.29, 1.82) is 0 Å². The topological polar surface area (TPSA) is 43.4 Å². The highest BCUT2D eigenvalue weighted by molar-refractivity contribution is 6.21. The molecule has 3 heteroatoms. The summed E-state index contributed by atoms with van der Waals surface area (Å²) in [5.74, 6) is -0.216. The van der Waals surface area contributed by atoms with Gasteiger partial charge in [0.1, 0.15) is 0 Å². The Morgan fingerprint density at radius 1 is 1.23 bits per heavy atom.